The minimum atomic E-state index is -0.971. The molecule has 6 heteroatoms. The van der Waals surface area contributed by atoms with Gasteiger partial charge in [0.15, 0.2) is 0 Å². The first-order chi connectivity index (χ1) is 16.5. The van der Waals surface area contributed by atoms with Gasteiger partial charge in [-0.25, -0.2) is 4.79 Å². The number of benzene rings is 2. The molecule has 1 N–H and O–H groups in total. The molecule has 0 bridgehead atoms. The number of carboxylic acid groups (broad SMARTS) is 1. The zero-order chi connectivity index (χ0) is 24.9. The molecule has 0 aliphatic heterocycles. The highest BCUT2D eigenvalue weighted by Crippen LogP contribution is 2.27. The molecular formula is C28H43N3O3. The lowest BCUT2D eigenvalue weighted by molar-refractivity contribution is 0.0685. The second kappa shape index (κ2) is 14.8. The predicted octanol–water partition coefficient (Wildman–Crippen LogP) is 4.80. The summed E-state index contributed by atoms with van der Waals surface area (Å²) in [4.78, 5) is 19.3. The SMILES string of the molecule is CCN(CC)CCN(CC)C[C@H](COc1ccc(-c2ccccc2)cc1C(=O)O)N(CC)CC. The Morgan fingerprint density at radius 1 is 0.824 bits per heavy atom. The maximum atomic E-state index is 12.0. The number of hydrogen-bond acceptors (Lipinski definition) is 5. The maximum absolute atomic E-state index is 12.0. The molecule has 0 aromatic heterocycles. The normalized spacial score (nSPS) is 12.5. The number of rotatable bonds is 16. The zero-order valence-corrected chi connectivity index (χ0v) is 21.7. The van der Waals surface area contributed by atoms with E-state index in [1.165, 1.54) is 0 Å². The van der Waals surface area contributed by atoms with Gasteiger partial charge in [-0.05, 0) is 56.0 Å². The number of hydrogen-bond donors (Lipinski definition) is 1. The smallest absolute Gasteiger partial charge is 0.339 e. The molecule has 0 aliphatic rings. The molecule has 0 amide bonds. The minimum Gasteiger partial charge on any atom is -0.491 e. The molecule has 6 nitrogen and oxygen atoms in total. The highest BCUT2D eigenvalue weighted by molar-refractivity contribution is 5.92. The largest absolute Gasteiger partial charge is 0.491 e. The van der Waals surface area contributed by atoms with Gasteiger partial charge in [0.1, 0.15) is 17.9 Å². The van der Waals surface area contributed by atoms with Crippen LogP contribution in [0.4, 0.5) is 0 Å². The lowest BCUT2D eigenvalue weighted by Crippen LogP contribution is -2.48. The van der Waals surface area contributed by atoms with Crippen LogP contribution in [0.25, 0.3) is 11.1 Å². The molecule has 34 heavy (non-hydrogen) atoms. The van der Waals surface area contributed by atoms with E-state index in [1.54, 1.807) is 12.1 Å². The lowest BCUT2D eigenvalue weighted by atomic mass is 10.0. The summed E-state index contributed by atoms with van der Waals surface area (Å²) in [5.74, 6) is -0.544. The van der Waals surface area contributed by atoms with Crippen molar-refractivity contribution in [1.29, 1.82) is 0 Å². The summed E-state index contributed by atoms with van der Waals surface area (Å²) in [6.07, 6.45) is 0. The average molecular weight is 470 g/mol. The lowest BCUT2D eigenvalue weighted by Gasteiger charge is -2.34. The Balaban J connectivity index is 2.16. The molecule has 1 atom stereocenters. The third-order valence-electron chi connectivity index (χ3n) is 6.62. The molecule has 0 unspecified atom stereocenters. The van der Waals surface area contributed by atoms with Crippen LogP contribution in [-0.2, 0) is 0 Å². The van der Waals surface area contributed by atoms with Crippen LogP contribution in [0.1, 0.15) is 45.0 Å². The first-order valence-corrected chi connectivity index (χ1v) is 12.7. The summed E-state index contributed by atoms with van der Waals surface area (Å²) in [5, 5.41) is 9.85. The van der Waals surface area contributed by atoms with E-state index in [1.807, 2.05) is 36.4 Å². The number of aromatic carboxylic acids is 1. The molecule has 2 aromatic rings. The minimum absolute atomic E-state index is 0.182. The zero-order valence-electron chi connectivity index (χ0n) is 21.7. The van der Waals surface area contributed by atoms with Crippen molar-refractivity contribution in [1.82, 2.24) is 14.7 Å². The summed E-state index contributed by atoms with van der Waals surface area (Å²) in [6, 6.07) is 15.4. The highest BCUT2D eigenvalue weighted by Gasteiger charge is 2.22. The van der Waals surface area contributed by atoms with Crippen molar-refractivity contribution in [2.24, 2.45) is 0 Å². The van der Waals surface area contributed by atoms with Crippen LogP contribution in [0.2, 0.25) is 0 Å². The standard InChI is InChI=1S/C28H43N3O3/c1-6-29(7-2)18-19-30(8-3)21-25(31(9-4)10-5)22-34-27-17-16-24(20-26(27)28(32)33)23-14-12-11-13-15-23/h11-17,20,25H,6-10,18-19,21-22H2,1-5H3,(H,32,33)/t25-/m1/s1. The van der Waals surface area contributed by atoms with E-state index in [0.717, 1.165) is 63.5 Å². The number of carbonyl (C=O) groups is 1. The van der Waals surface area contributed by atoms with Crippen LogP contribution in [-0.4, -0.2) is 90.8 Å². The van der Waals surface area contributed by atoms with Crippen LogP contribution in [0, 0.1) is 0 Å². The molecule has 0 aliphatic carbocycles. The van der Waals surface area contributed by atoms with Crippen LogP contribution in [0.5, 0.6) is 5.75 Å². The summed E-state index contributed by atoms with van der Waals surface area (Å²) >= 11 is 0. The molecule has 0 saturated carbocycles. The van der Waals surface area contributed by atoms with Crippen LogP contribution >= 0.6 is 0 Å². The van der Waals surface area contributed by atoms with Crippen molar-refractivity contribution in [2.45, 2.75) is 40.7 Å². The van der Waals surface area contributed by atoms with E-state index in [4.69, 9.17) is 4.74 Å². The second-order valence-corrected chi connectivity index (χ2v) is 8.49. The summed E-state index contributed by atoms with van der Waals surface area (Å²) in [7, 11) is 0. The van der Waals surface area contributed by atoms with Gasteiger partial charge >= 0.3 is 5.97 Å². The third kappa shape index (κ3) is 8.12. The quantitative estimate of drug-likeness (QED) is 0.381. The molecule has 188 valence electrons. The Bertz CT molecular complexity index is 851. The number of ether oxygens (including phenoxy) is 1. The van der Waals surface area contributed by atoms with Gasteiger partial charge in [-0.2, -0.15) is 0 Å². The summed E-state index contributed by atoms with van der Waals surface area (Å²) in [6.45, 7) is 19.3. The molecule has 2 aromatic carbocycles. The van der Waals surface area contributed by atoms with Crippen LogP contribution in [0.3, 0.4) is 0 Å². The van der Waals surface area contributed by atoms with E-state index in [9.17, 15) is 9.90 Å². The first kappa shape index (κ1) is 27.8. The topological polar surface area (TPSA) is 56.3 Å². The number of carboxylic acids is 1. The van der Waals surface area contributed by atoms with E-state index >= 15 is 0 Å². The monoisotopic (exact) mass is 469 g/mol. The van der Waals surface area contributed by atoms with Crippen molar-refractivity contribution < 1.29 is 14.6 Å². The first-order valence-electron chi connectivity index (χ1n) is 12.7. The Labute approximate surface area is 206 Å². The average Bonchev–Trinajstić information content (AvgIpc) is 2.87. The summed E-state index contributed by atoms with van der Waals surface area (Å²) in [5.41, 5.74) is 2.07. The van der Waals surface area contributed by atoms with Crippen LogP contribution < -0.4 is 4.74 Å². The van der Waals surface area contributed by atoms with Crippen molar-refractivity contribution in [3.8, 4) is 16.9 Å². The third-order valence-corrected chi connectivity index (χ3v) is 6.62. The van der Waals surface area contributed by atoms with E-state index in [2.05, 4.69) is 49.3 Å². The molecule has 0 spiro atoms. The van der Waals surface area contributed by atoms with Gasteiger partial charge in [-0.15, -0.1) is 0 Å². The van der Waals surface area contributed by atoms with Crippen molar-refractivity contribution >= 4 is 5.97 Å². The van der Waals surface area contributed by atoms with Gasteiger partial charge in [0.2, 0.25) is 0 Å². The second-order valence-electron chi connectivity index (χ2n) is 8.49. The van der Waals surface area contributed by atoms with E-state index in [0.29, 0.717) is 12.4 Å². The fourth-order valence-corrected chi connectivity index (χ4v) is 4.33. The van der Waals surface area contributed by atoms with Crippen molar-refractivity contribution in [2.75, 3.05) is 59.0 Å². The number of likely N-dealkylation sites (N-methyl/N-ethyl adjacent to an activating group) is 3. The molecule has 2 rings (SSSR count). The molecular weight excluding hydrogens is 426 g/mol. The van der Waals surface area contributed by atoms with Gasteiger partial charge in [-0.3, -0.25) is 4.90 Å². The fourth-order valence-electron chi connectivity index (χ4n) is 4.33. The summed E-state index contributed by atoms with van der Waals surface area (Å²) < 4.78 is 6.19. The molecule has 0 heterocycles. The fraction of sp³-hybridized carbons (Fsp3) is 0.536. The Morgan fingerprint density at radius 2 is 1.44 bits per heavy atom. The van der Waals surface area contributed by atoms with Crippen molar-refractivity contribution in [3.63, 3.8) is 0 Å². The van der Waals surface area contributed by atoms with Gasteiger partial charge in [0.05, 0.1) is 6.04 Å². The van der Waals surface area contributed by atoms with Gasteiger partial charge < -0.3 is 19.6 Å². The maximum Gasteiger partial charge on any atom is 0.339 e. The van der Waals surface area contributed by atoms with E-state index in [-0.39, 0.29) is 11.6 Å². The van der Waals surface area contributed by atoms with Gasteiger partial charge in [0.25, 0.3) is 0 Å². The Kier molecular flexibility index (Phi) is 12.1. The molecule has 0 radical (unpaired) electrons. The van der Waals surface area contributed by atoms with Crippen molar-refractivity contribution in [3.05, 3.63) is 54.1 Å². The highest BCUT2D eigenvalue weighted by atomic mass is 16.5. The predicted molar refractivity (Wildman–Crippen MR) is 141 cm³/mol. The Morgan fingerprint density at radius 3 is 2.00 bits per heavy atom. The molecule has 0 saturated heterocycles. The van der Waals surface area contributed by atoms with Gasteiger partial charge in [-0.1, -0.05) is 71.0 Å². The Hall–Kier alpha value is -2.41. The number of nitrogens with zero attached hydrogens (tertiary/aromatic N) is 3. The van der Waals surface area contributed by atoms with Crippen LogP contribution in [0.15, 0.2) is 48.5 Å². The van der Waals surface area contributed by atoms with E-state index < -0.39 is 5.97 Å². The van der Waals surface area contributed by atoms with Gasteiger partial charge in [0, 0.05) is 19.6 Å². The molecule has 0 fully saturated rings.